The van der Waals surface area contributed by atoms with Gasteiger partial charge in [-0.1, -0.05) is 22.0 Å². The zero-order chi connectivity index (χ0) is 13.1. The van der Waals surface area contributed by atoms with Crippen LogP contribution in [-0.2, 0) is 0 Å². The van der Waals surface area contributed by atoms with Gasteiger partial charge in [-0.3, -0.25) is 0 Å². The quantitative estimate of drug-likeness (QED) is 0.723. The van der Waals surface area contributed by atoms with Gasteiger partial charge in [-0.25, -0.2) is 0 Å². The molecule has 2 rings (SSSR count). The maximum absolute atomic E-state index is 5.86. The third kappa shape index (κ3) is 3.46. The second-order valence-corrected chi connectivity index (χ2v) is 6.13. The van der Waals surface area contributed by atoms with E-state index in [-0.39, 0.29) is 6.04 Å². The summed E-state index contributed by atoms with van der Waals surface area (Å²) >= 11 is 5.78. The highest BCUT2D eigenvalue weighted by molar-refractivity contribution is 14.1. The zero-order valence-corrected chi connectivity index (χ0v) is 13.6. The SMILES string of the molecule is CC(N)c1ccc(Oc2ccc(I)cc2)cc1Br. The van der Waals surface area contributed by atoms with E-state index in [1.54, 1.807) is 0 Å². The van der Waals surface area contributed by atoms with Gasteiger partial charge in [0.25, 0.3) is 0 Å². The van der Waals surface area contributed by atoms with E-state index in [2.05, 4.69) is 38.5 Å². The zero-order valence-electron chi connectivity index (χ0n) is 9.86. The summed E-state index contributed by atoms with van der Waals surface area (Å²) in [6.07, 6.45) is 0. The van der Waals surface area contributed by atoms with Gasteiger partial charge in [0.15, 0.2) is 0 Å². The van der Waals surface area contributed by atoms with E-state index in [4.69, 9.17) is 10.5 Å². The molecule has 2 aromatic carbocycles. The molecule has 0 saturated heterocycles. The first-order chi connectivity index (χ1) is 8.56. The van der Waals surface area contributed by atoms with Gasteiger partial charge >= 0.3 is 0 Å². The van der Waals surface area contributed by atoms with Crippen LogP contribution >= 0.6 is 38.5 Å². The smallest absolute Gasteiger partial charge is 0.128 e. The van der Waals surface area contributed by atoms with Crippen LogP contribution in [0, 0.1) is 3.57 Å². The average Bonchev–Trinajstić information content (AvgIpc) is 2.32. The fraction of sp³-hybridized carbons (Fsp3) is 0.143. The highest BCUT2D eigenvalue weighted by Gasteiger charge is 2.06. The Labute approximate surface area is 129 Å². The molecule has 2 nitrogen and oxygen atoms in total. The first-order valence-corrected chi connectivity index (χ1v) is 7.42. The monoisotopic (exact) mass is 417 g/mol. The molecule has 1 atom stereocenters. The molecule has 0 fully saturated rings. The Morgan fingerprint density at radius 2 is 1.72 bits per heavy atom. The van der Waals surface area contributed by atoms with Crippen LogP contribution in [0.5, 0.6) is 11.5 Å². The van der Waals surface area contributed by atoms with Crippen molar-refractivity contribution in [1.29, 1.82) is 0 Å². The van der Waals surface area contributed by atoms with Crippen LogP contribution in [0.15, 0.2) is 46.9 Å². The van der Waals surface area contributed by atoms with Crippen molar-refractivity contribution in [1.82, 2.24) is 0 Å². The Kier molecular flexibility index (Phi) is 4.64. The summed E-state index contributed by atoms with van der Waals surface area (Å²) < 4.78 is 7.94. The molecule has 0 aliphatic heterocycles. The van der Waals surface area contributed by atoms with Gasteiger partial charge in [-0.05, 0) is 71.5 Å². The molecule has 18 heavy (non-hydrogen) atoms. The average molecular weight is 418 g/mol. The van der Waals surface area contributed by atoms with E-state index in [0.29, 0.717) is 0 Å². The summed E-state index contributed by atoms with van der Waals surface area (Å²) in [6, 6.07) is 13.8. The molecule has 2 aromatic rings. The summed E-state index contributed by atoms with van der Waals surface area (Å²) in [6.45, 7) is 1.96. The van der Waals surface area contributed by atoms with Crippen LogP contribution in [0.3, 0.4) is 0 Å². The Morgan fingerprint density at radius 3 is 2.28 bits per heavy atom. The van der Waals surface area contributed by atoms with Gasteiger partial charge in [0.2, 0.25) is 0 Å². The molecule has 1 unspecified atom stereocenters. The molecule has 0 aromatic heterocycles. The lowest BCUT2D eigenvalue weighted by molar-refractivity contribution is 0.482. The van der Waals surface area contributed by atoms with Crippen molar-refractivity contribution in [2.24, 2.45) is 5.73 Å². The molecular weight excluding hydrogens is 405 g/mol. The van der Waals surface area contributed by atoms with Crippen molar-refractivity contribution in [3.8, 4) is 11.5 Å². The van der Waals surface area contributed by atoms with Gasteiger partial charge in [0.05, 0.1) is 0 Å². The Balaban J connectivity index is 2.20. The van der Waals surface area contributed by atoms with E-state index in [1.807, 2.05) is 49.4 Å². The van der Waals surface area contributed by atoms with Crippen LogP contribution in [-0.4, -0.2) is 0 Å². The van der Waals surface area contributed by atoms with Gasteiger partial charge in [-0.2, -0.15) is 0 Å². The predicted molar refractivity (Wildman–Crippen MR) is 86.0 cm³/mol. The summed E-state index contributed by atoms with van der Waals surface area (Å²) in [7, 11) is 0. The normalized spacial score (nSPS) is 12.2. The van der Waals surface area contributed by atoms with Crippen molar-refractivity contribution >= 4 is 38.5 Å². The van der Waals surface area contributed by atoms with E-state index in [9.17, 15) is 0 Å². The first-order valence-electron chi connectivity index (χ1n) is 5.54. The van der Waals surface area contributed by atoms with Crippen LogP contribution in [0.4, 0.5) is 0 Å². The van der Waals surface area contributed by atoms with Crippen molar-refractivity contribution in [3.63, 3.8) is 0 Å². The summed E-state index contributed by atoms with van der Waals surface area (Å²) in [5, 5.41) is 0. The minimum absolute atomic E-state index is 0.00623. The Bertz CT molecular complexity index is 540. The topological polar surface area (TPSA) is 35.2 Å². The molecule has 0 radical (unpaired) electrons. The Morgan fingerprint density at radius 1 is 1.11 bits per heavy atom. The van der Waals surface area contributed by atoms with Gasteiger partial charge in [0, 0.05) is 14.1 Å². The number of ether oxygens (including phenoxy) is 1. The van der Waals surface area contributed by atoms with E-state index in [1.165, 1.54) is 3.57 Å². The number of benzene rings is 2. The standard InChI is InChI=1S/C14H13BrINO/c1-9(17)13-7-6-12(8-14(13)15)18-11-4-2-10(16)3-5-11/h2-9H,17H2,1H3. The van der Waals surface area contributed by atoms with Gasteiger partial charge in [-0.15, -0.1) is 0 Å². The second-order valence-electron chi connectivity index (χ2n) is 4.03. The van der Waals surface area contributed by atoms with Crippen molar-refractivity contribution in [2.75, 3.05) is 0 Å². The number of hydrogen-bond donors (Lipinski definition) is 1. The molecule has 0 aliphatic rings. The maximum atomic E-state index is 5.86. The third-order valence-corrected chi connectivity index (χ3v) is 3.92. The van der Waals surface area contributed by atoms with E-state index >= 15 is 0 Å². The maximum Gasteiger partial charge on any atom is 0.128 e. The number of nitrogens with two attached hydrogens (primary N) is 1. The largest absolute Gasteiger partial charge is 0.457 e. The number of halogens is 2. The van der Waals surface area contributed by atoms with Crippen molar-refractivity contribution in [2.45, 2.75) is 13.0 Å². The minimum atomic E-state index is 0.00623. The highest BCUT2D eigenvalue weighted by Crippen LogP contribution is 2.29. The van der Waals surface area contributed by atoms with E-state index in [0.717, 1.165) is 21.5 Å². The molecule has 0 amide bonds. The molecular formula is C14H13BrINO. The van der Waals surface area contributed by atoms with Crippen LogP contribution in [0.25, 0.3) is 0 Å². The third-order valence-electron chi connectivity index (χ3n) is 2.51. The summed E-state index contributed by atoms with van der Waals surface area (Å²) in [5.74, 6) is 1.63. The lowest BCUT2D eigenvalue weighted by Gasteiger charge is -2.11. The minimum Gasteiger partial charge on any atom is -0.457 e. The van der Waals surface area contributed by atoms with Crippen molar-refractivity contribution in [3.05, 3.63) is 56.1 Å². The molecule has 0 saturated carbocycles. The second kappa shape index (κ2) is 6.04. The fourth-order valence-corrected chi connectivity index (χ4v) is 2.66. The summed E-state index contributed by atoms with van der Waals surface area (Å²) in [5.41, 5.74) is 6.94. The van der Waals surface area contributed by atoms with Crippen molar-refractivity contribution < 1.29 is 4.74 Å². The van der Waals surface area contributed by atoms with Crippen LogP contribution < -0.4 is 10.5 Å². The van der Waals surface area contributed by atoms with E-state index < -0.39 is 0 Å². The number of hydrogen-bond acceptors (Lipinski definition) is 2. The van der Waals surface area contributed by atoms with Crippen LogP contribution in [0.2, 0.25) is 0 Å². The molecule has 0 bridgehead atoms. The lowest BCUT2D eigenvalue weighted by atomic mass is 10.1. The molecule has 2 N–H and O–H groups in total. The predicted octanol–water partition coefficient (Wildman–Crippen LogP) is 4.87. The van der Waals surface area contributed by atoms with Gasteiger partial charge in [0.1, 0.15) is 11.5 Å². The molecule has 0 spiro atoms. The number of rotatable bonds is 3. The molecule has 4 heteroatoms. The molecule has 0 aliphatic carbocycles. The summed E-state index contributed by atoms with van der Waals surface area (Å²) in [4.78, 5) is 0. The first kappa shape index (κ1) is 13.8. The fourth-order valence-electron chi connectivity index (χ4n) is 1.58. The highest BCUT2D eigenvalue weighted by atomic mass is 127. The van der Waals surface area contributed by atoms with Gasteiger partial charge < -0.3 is 10.5 Å². The lowest BCUT2D eigenvalue weighted by Crippen LogP contribution is -2.05. The molecule has 0 heterocycles. The Hall–Kier alpha value is -0.590. The van der Waals surface area contributed by atoms with Crippen LogP contribution in [0.1, 0.15) is 18.5 Å². The molecule has 94 valence electrons.